The molecule has 3 N–H and O–H groups in total. The van der Waals surface area contributed by atoms with Crippen LogP contribution in [0.1, 0.15) is 5.56 Å². The van der Waals surface area contributed by atoms with Crippen LogP contribution in [0.5, 0.6) is 0 Å². The molecular formula is C15H23ClN3OS+. The summed E-state index contributed by atoms with van der Waals surface area (Å²) in [4.78, 5) is 1.58. The van der Waals surface area contributed by atoms with Crippen LogP contribution in [0.15, 0.2) is 24.3 Å². The van der Waals surface area contributed by atoms with Crippen molar-refractivity contribution in [1.29, 1.82) is 0 Å². The third-order valence-electron chi connectivity index (χ3n) is 3.58. The van der Waals surface area contributed by atoms with E-state index in [1.165, 1.54) is 5.56 Å². The fourth-order valence-electron chi connectivity index (χ4n) is 2.30. The van der Waals surface area contributed by atoms with Gasteiger partial charge in [0.15, 0.2) is 5.11 Å². The fraction of sp³-hybridized carbons (Fsp3) is 0.533. The van der Waals surface area contributed by atoms with Crippen LogP contribution >= 0.6 is 23.8 Å². The third-order valence-corrected chi connectivity index (χ3v) is 4.12. The number of thiocarbonyl (C=S) groups is 1. The average molecular weight is 329 g/mol. The van der Waals surface area contributed by atoms with E-state index in [0.717, 1.165) is 62.5 Å². The lowest BCUT2D eigenvalue weighted by Crippen LogP contribution is -3.14. The van der Waals surface area contributed by atoms with Crippen LogP contribution in [0, 0.1) is 0 Å². The Morgan fingerprint density at radius 2 is 1.81 bits per heavy atom. The maximum Gasteiger partial charge on any atom is 0.166 e. The van der Waals surface area contributed by atoms with Crippen molar-refractivity contribution >= 4 is 28.9 Å². The second-order valence-corrected chi connectivity index (χ2v) is 6.02. The van der Waals surface area contributed by atoms with Gasteiger partial charge in [-0.1, -0.05) is 23.7 Å². The normalized spacial score (nSPS) is 15.7. The zero-order valence-electron chi connectivity index (χ0n) is 12.2. The van der Waals surface area contributed by atoms with E-state index in [9.17, 15) is 0 Å². The summed E-state index contributed by atoms with van der Waals surface area (Å²) in [5.74, 6) is 0. The number of halogens is 1. The number of benzene rings is 1. The Balaban J connectivity index is 1.54. The molecule has 1 aromatic rings. The van der Waals surface area contributed by atoms with Gasteiger partial charge in [-0.2, -0.15) is 0 Å². The van der Waals surface area contributed by atoms with Gasteiger partial charge >= 0.3 is 0 Å². The Bertz CT molecular complexity index is 435. The summed E-state index contributed by atoms with van der Waals surface area (Å²) >= 11 is 11.1. The van der Waals surface area contributed by atoms with Gasteiger partial charge in [0.05, 0.1) is 26.3 Å². The van der Waals surface area contributed by atoms with Gasteiger partial charge in [-0.15, -0.1) is 0 Å². The van der Waals surface area contributed by atoms with Crippen LogP contribution in [0.2, 0.25) is 5.02 Å². The average Bonchev–Trinajstić information content (AvgIpc) is 2.50. The number of hydrogen-bond donors (Lipinski definition) is 3. The molecule has 0 amide bonds. The molecule has 1 saturated heterocycles. The highest BCUT2D eigenvalue weighted by atomic mass is 35.5. The Kier molecular flexibility index (Phi) is 7.23. The SMILES string of the molecule is S=C(NCCc1ccc(Cl)cc1)NCC[NH+]1CCOCC1. The molecule has 116 valence electrons. The lowest BCUT2D eigenvalue weighted by atomic mass is 10.1. The van der Waals surface area contributed by atoms with E-state index in [0.29, 0.717) is 0 Å². The van der Waals surface area contributed by atoms with Gasteiger partial charge in [-0.3, -0.25) is 0 Å². The van der Waals surface area contributed by atoms with Gasteiger partial charge in [0.25, 0.3) is 0 Å². The van der Waals surface area contributed by atoms with E-state index in [1.54, 1.807) is 4.90 Å². The Morgan fingerprint density at radius 1 is 1.14 bits per heavy atom. The maximum atomic E-state index is 5.86. The van der Waals surface area contributed by atoms with Crippen molar-refractivity contribution in [2.45, 2.75) is 6.42 Å². The van der Waals surface area contributed by atoms with E-state index in [2.05, 4.69) is 10.6 Å². The quantitative estimate of drug-likeness (QED) is 0.655. The Labute approximate surface area is 136 Å². The molecule has 1 aliphatic rings. The maximum absolute atomic E-state index is 5.86. The summed E-state index contributed by atoms with van der Waals surface area (Å²) in [5, 5.41) is 8.01. The smallest absolute Gasteiger partial charge is 0.166 e. The summed E-state index contributed by atoms with van der Waals surface area (Å²) in [7, 11) is 0. The highest BCUT2D eigenvalue weighted by Gasteiger charge is 2.12. The van der Waals surface area contributed by atoms with Crippen LogP contribution < -0.4 is 15.5 Å². The van der Waals surface area contributed by atoms with Crippen molar-refractivity contribution in [3.63, 3.8) is 0 Å². The minimum absolute atomic E-state index is 0.733. The molecule has 6 heteroatoms. The molecule has 0 aromatic heterocycles. The largest absolute Gasteiger partial charge is 0.370 e. The van der Waals surface area contributed by atoms with Crippen LogP contribution in [0.25, 0.3) is 0 Å². The fourth-order valence-corrected chi connectivity index (χ4v) is 2.63. The topological polar surface area (TPSA) is 37.7 Å². The summed E-state index contributed by atoms with van der Waals surface area (Å²) in [5.41, 5.74) is 1.26. The third kappa shape index (κ3) is 6.61. The van der Waals surface area contributed by atoms with Gasteiger partial charge in [-0.05, 0) is 36.3 Å². The molecule has 1 aliphatic heterocycles. The van der Waals surface area contributed by atoms with Crippen LogP contribution in [0.4, 0.5) is 0 Å². The van der Waals surface area contributed by atoms with Gasteiger partial charge in [0.1, 0.15) is 13.1 Å². The number of quaternary nitrogens is 1. The molecule has 1 aromatic carbocycles. The zero-order valence-corrected chi connectivity index (χ0v) is 13.7. The molecule has 0 spiro atoms. The van der Waals surface area contributed by atoms with Crippen molar-refractivity contribution < 1.29 is 9.64 Å². The summed E-state index contributed by atoms with van der Waals surface area (Å²) in [6.45, 7) is 6.76. The second-order valence-electron chi connectivity index (χ2n) is 5.17. The molecule has 0 saturated carbocycles. The van der Waals surface area contributed by atoms with E-state index < -0.39 is 0 Å². The molecule has 21 heavy (non-hydrogen) atoms. The summed E-state index contributed by atoms with van der Waals surface area (Å²) in [6, 6.07) is 7.92. The summed E-state index contributed by atoms with van der Waals surface area (Å²) < 4.78 is 5.34. The first-order chi connectivity index (χ1) is 10.2. The lowest BCUT2D eigenvalue weighted by Gasteiger charge is -2.24. The minimum Gasteiger partial charge on any atom is -0.370 e. The van der Waals surface area contributed by atoms with Crippen LogP contribution in [-0.2, 0) is 11.2 Å². The predicted molar refractivity (Wildman–Crippen MR) is 90.1 cm³/mol. The lowest BCUT2D eigenvalue weighted by molar-refractivity contribution is -0.906. The number of morpholine rings is 1. The molecule has 0 radical (unpaired) electrons. The number of hydrogen-bond acceptors (Lipinski definition) is 2. The highest BCUT2D eigenvalue weighted by Crippen LogP contribution is 2.09. The van der Waals surface area contributed by atoms with Gasteiger partial charge in [-0.25, -0.2) is 0 Å². The van der Waals surface area contributed by atoms with E-state index in [-0.39, 0.29) is 0 Å². The first-order valence-electron chi connectivity index (χ1n) is 7.41. The zero-order chi connectivity index (χ0) is 14.9. The first-order valence-corrected chi connectivity index (χ1v) is 8.20. The predicted octanol–water partition coefficient (Wildman–Crippen LogP) is 0.262. The van der Waals surface area contributed by atoms with E-state index in [4.69, 9.17) is 28.6 Å². The molecule has 0 unspecified atom stereocenters. The monoisotopic (exact) mass is 328 g/mol. The number of nitrogens with one attached hydrogen (secondary N) is 3. The van der Waals surface area contributed by atoms with Crippen molar-refractivity contribution in [1.82, 2.24) is 10.6 Å². The standard InChI is InChI=1S/C15H22ClN3OS/c16-14-3-1-13(2-4-14)5-6-17-15(21)18-7-8-19-9-11-20-12-10-19/h1-4H,5-12H2,(H2,17,18,21)/p+1. The number of rotatable bonds is 6. The van der Waals surface area contributed by atoms with E-state index >= 15 is 0 Å². The number of ether oxygens (including phenoxy) is 1. The summed E-state index contributed by atoms with van der Waals surface area (Å²) in [6.07, 6.45) is 0.938. The van der Waals surface area contributed by atoms with Gasteiger partial charge < -0.3 is 20.3 Å². The van der Waals surface area contributed by atoms with Gasteiger partial charge in [0.2, 0.25) is 0 Å². The van der Waals surface area contributed by atoms with Crippen molar-refractivity contribution in [3.8, 4) is 0 Å². The molecule has 0 aliphatic carbocycles. The van der Waals surface area contributed by atoms with Crippen molar-refractivity contribution in [2.75, 3.05) is 45.9 Å². The first kappa shape index (κ1) is 16.5. The van der Waals surface area contributed by atoms with Crippen molar-refractivity contribution in [3.05, 3.63) is 34.9 Å². The second kappa shape index (κ2) is 9.20. The van der Waals surface area contributed by atoms with Crippen LogP contribution in [0.3, 0.4) is 0 Å². The Morgan fingerprint density at radius 3 is 2.52 bits per heavy atom. The highest BCUT2D eigenvalue weighted by molar-refractivity contribution is 7.80. The molecule has 2 rings (SSSR count). The molecule has 0 bridgehead atoms. The molecular weight excluding hydrogens is 306 g/mol. The minimum atomic E-state index is 0.733. The molecule has 4 nitrogen and oxygen atoms in total. The molecule has 1 heterocycles. The van der Waals surface area contributed by atoms with Crippen molar-refractivity contribution in [2.24, 2.45) is 0 Å². The van der Waals surface area contributed by atoms with Gasteiger partial charge in [0, 0.05) is 11.6 Å². The van der Waals surface area contributed by atoms with Crippen LogP contribution in [-0.4, -0.2) is 51.0 Å². The molecule has 0 atom stereocenters. The van der Waals surface area contributed by atoms with E-state index in [1.807, 2.05) is 24.3 Å². The Hall–Kier alpha value is -0.880. The molecule has 1 fully saturated rings.